The lowest BCUT2D eigenvalue weighted by Crippen LogP contribution is -2.15. The number of carbonyl (C=O) groups is 4. The molecule has 1 unspecified atom stereocenters. The molecule has 1 atom stereocenters. The van der Waals surface area contributed by atoms with Gasteiger partial charge in [0.1, 0.15) is 6.29 Å². The van der Waals surface area contributed by atoms with Crippen LogP contribution in [-0.2, 0) is 33.4 Å². The van der Waals surface area contributed by atoms with E-state index in [2.05, 4.69) is 30.2 Å². The molecule has 0 spiro atoms. The Labute approximate surface area is 228 Å². The van der Waals surface area contributed by atoms with Crippen molar-refractivity contribution in [1.82, 2.24) is 0 Å². The highest BCUT2D eigenvalue weighted by molar-refractivity contribution is 5.88. The van der Waals surface area contributed by atoms with E-state index >= 15 is 0 Å². The van der Waals surface area contributed by atoms with Crippen LogP contribution in [0.4, 0.5) is 0 Å². The highest BCUT2D eigenvalue weighted by Crippen LogP contribution is 2.14. The van der Waals surface area contributed by atoms with Crippen molar-refractivity contribution < 1.29 is 33.4 Å². The molecule has 0 amide bonds. The van der Waals surface area contributed by atoms with Crippen LogP contribution >= 0.6 is 0 Å². The molecule has 0 bridgehead atoms. The Morgan fingerprint density at radius 2 is 1.27 bits per heavy atom. The van der Waals surface area contributed by atoms with Gasteiger partial charge in [-0.3, -0.25) is 9.59 Å². The van der Waals surface area contributed by atoms with E-state index in [1.165, 1.54) is 34.2 Å². The van der Waals surface area contributed by atoms with E-state index in [9.17, 15) is 19.2 Å². The van der Waals surface area contributed by atoms with Gasteiger partial charge in [0.15, 0.2) is 0 Å². The summed E-state index contributed by atoms with van der Waals surface area (Å²) in [4.78, 5) is 41.9. The van der Waals surface area contributed by atoms with Gasteiger partial charge in [0.05, 0.1) is 27.2 Å². The molecular weight excluding hydrogens is 472 g/mol. The van der Waals surface area contributed by atoms with Crippen LogP contribution in [0.1, 0.15) is 131 Å². The molecule has 0 saturated heterocycles. The number of methoxy groups -OCH3 is 3. The molecule has 0 aromatic carbocycles. The first kappa shape index (κ1) is 41.9. The number of carbonyl (C=O) groups excluding carboxylic acids is 4. The number of unbranched alkanes of at least 4 members (excludes halogenated alkanes) is 6. The first-order valence-electron chi connectivity index (χ1n) is 14.1. The lowest BCUT2D eigenvalue weighted by Gasteiger charge is -2.10. The van der Waals surface area contributed by atoms with E-state index in [-0.39, 0.29) is 23.8 Å². The van der Waals surface area contributed by atoms with Crippen molar-refractivity contribution in [3.8, 4) is 0 Å². The van der Waals surface area contributed by atoms with Gasteiger partial charge >= 0.3 is 17.9 Å². The van der Waals surface area contributed by atoms with Gasteiger partial charge in [0.25, 0.3) is 0 Å². The summed E-state index contributed by atoms with van der Waals surface area (Å²) in [5.41, 5.74) is 0.797. The lowest BCUT2D eigenvalue weighted by molar-refractivity contribution is -0.146. The van der Waals surface area contributed by atoms with E-state index in [0.717, 1.165) is 82.5 Å². The lowest BCUT2D eigenvalue weighted by atomic mass is 9.99. The quantitative estimate of drug-likeness (QED) is 0.0660. The summed E-state index contributed by atoms with van der Waals surface area (Å²) in [6.45, 7) is 12.3. The fourth-order valence-corrected chi connectivity index (χ4v) is 2.87. The van der Waals surface area contributed by atoms with Crippen LogP contribution in [0.25, 0.3) is 0 Å². The molecule has 0 aromatic heterocycles. The molecule has 37 heavy (non-hydrogen) atoms. The zero-order chi connectivity index (χ0) is 29.3. The van der Waals surface area contributed by atoms with Crippen molar-refractivity contribution in [1.29, 1.82) is 0 Å². The monoisotopic (exact) mass is 530 g/mol. The third-order valence-electron chi connectivity index (χ3n) is 5.32. The molecule has 0 fully saturated rings. The molecule has 0 aromatic rings. The minimum Gasteiger partial charge on any atom is -0.469 e. The average molecular weight is 531 g/mol. The highest BCUT2D eigenvalue weighted by atomic mass is 16.5. The van der Waals surface area contributed by atoms with Gasteiger partial charge in [-0.05, 0) is 38.5 Å². The van der Waals surface area contributed by atoms with Gasteiger partial charge in [0, 0.05) is 18.4 Å². The van der Waals surface area contributed by atoms with Crippen molar-refractivity contribution in [2.45, 2.75) is 131 Å². The largest absolute Gasteiger partial charge is 0.469 e. The summed E-state index contributed by atoms with van der Waals surface area (Å²) < 4.78 is 13.7. The van der Waals surface area contributed by atoms with Crippen molar-refractivity contribution >= 4 is 24.2 Å². The van der Waals surface area contributed by atoms with Crippen molar-refractivity contribution in [2.24, 2.45) is 5.92 Å². The fourth-order valence-electron chi connectivity index (χ4n) is 2.87. The number of allylic oxidation sites excluding steroid dienone is 1. The number of rotatable bonds is 16. The van der Waals surface area contributed by atoms with Crippen LogP contribution in [0.3, 0.4) is 0 Å². The minimum absolute atomic E-state index is 0.0476. The van der Waals surface area contributed by atoms with Crippen LogP contribution in [-0.4, -0.2) is 45.5 Å². The maximum atomic E-state index is 11.1. The molecule has 220 valence electrons. The van der Waals surface area contributed by atoms with Crippen molar-refractivity contribution in [3.05, 3.63) is 11.6 Å². The molecule has 0 heterocycles. The Morgan fingerprint density at radius 3 is 1.59 bits per heavy atom. The van der Waals surface area contributed by atoms with Gasteiger partial charge in [-0.1, -0.05) is 86.1 Å². The third-order valence-corrected chi connectivity index (χ3v) is 5.32. The predicted octanol–water partition coefficient (Wildman–Crippen LogP) is 7.79. The number of hydrogen-bond donors (Lipinski definition) is 0. The van der Waals surface area contributed by atoms with Gasteiger partial charge in [-0.2, -0.15) is 0 Å². The second-order valence-corrected chi connectivity index (χ2v) is 8.48. The number of ether oxygens (including phenoxy) is 3. The molecule has 7 heteroatoms. The summed E-state index contributed by atoms with van der Waals surface area (Å²) in [5.74, 6) is -0.230. The van der Waals surface area contributed by atoms with Gasteiger partial charge in [-0.25, -0.2) is 4.79 Å². The molecule has 0 aliphatic carbocycles. The molecule has 0 radical (unpaired) electrons. The smallest absolute Gasteiger partial charge is 0.333 e. The summed E-state index contributed by atoms with van der Waals surface area (Å²) >= 11 is 0. The normalized spacial score (nSPS) is 10.7. The number of esters is 3. The second kappa shape index (κ2) is 36.0. The number of aldehydes is 1. The molecule has 0 saturated carbocycles. The molecule has 0 rings (SSSR count). The Kier molecular flexibility index (Phi) is 40.8. The van der Waals surface area contributed by atoms with Gasteiger partial charge in [0.2, 0.25) is 0 Å². The van der Waals surface area contributed by atoms with Crippen molar-refractivity contribution in [2.75, 3.05) is 21.3 Å². The zero-order valence-corrected chi connectivity index (χ0v) is 25.5. The Morgan fingerprint density at radius 1 is 0.703 bits per heavy atom. The molecular formula is C30H58O7. The average Bonchev–Trinajstić information content (AvgIpc) is 2.92. The maximum Gasteiger partial charge on any atom is 0.333 e. The Bertz CT molecular complexity index is 556. The van der Waals surface area contributed by atoms with E-state index in [1.54, 1.807) is 0 Å². The minimum atomic E-state index is -0.186. The first-order chi connectivity index (χ1) is 17.7. The Balaban J connectivity index is -0.000000205. The summed E-state index contributed by atoms with van der Waals surface area (Å²) in [6.07, 6.45) is 16.7. The van der Waals surface area contributed by atoms with E-state index in [1.807, 2.05) is 26.8 Å². The number of hydrogen-bond acceptors (Lipinski definition) is 7. The second-order valence-electron chi connectivity index (χ2n) is 8.48. The summed E-state index contributed by atoms with van der Waals surface area (Å²) in [5, 5.41) is 0. The summed E-state index contributed by atoms with van der Waals surface area (Å²) in [7, 11) is 4.29. The van der Waals surface area contributed by atoms with Crippen molar-refractivity contribution in [3.63, 3.8) is 0 Å². The van der Waals surface area contributed by atoms with Crippen LogP contribution in [0.15, 0.2) is 11.6 Å². The third kappa shape index (κ3) is 33.8. The molecule has 0 aliphatic rings. The van der Waals surface area contributed by atoms with Gasteiger partial charge in [-0.15, -0.1) is 0 Å². The van der Waals surface area contributed by atoms with Gasteiger partial charge < -0.3 is 19.0 Å². The maximum absolute atomic E-state index is 11.1. The molecule has 0 N–H and O–H groups in total. The highest BCUT2D eigenvalue weighted by Gasteiger charge is 2.15. The zero-order valence-electron chi connectivity index (χ0n) is 25.5. The molecule has 0 aliphatic heterocycles. The fraction of sp³-hybridized carbons (Fsp3) is 0.800. The van der Waals surface area contributed by atoms with Crippen LogP contribution in [0, 0.1) is 5.92 Å². The topological polar surface area (TPSA) is 96.0 Å². The van der Waals surface area contributed by atoms with Crippen LogP contribution in [0.5, 0.6) is 0 Å². The summed E-state index contributed by atoms with van der Waals surface area (Å²) in [6, 6.07) is 0. The molecule has 7 nitrogen and oxygen atoms in total. The predicted molar refractivity (Wildman–Crippen MR) is 152 cm³/mol. The first-order valence-corrected chi connectivity index (χ1v) is 14.1. The standard InChI is InChI=1S/C10H20O2.C10H18O2.C5H10O2.C5H10O/c2*1-4-6-7-8-9(5-2)10(11)12-3;1-3-4-5(6)7-2;1-2-3-4-5-6/h9H,4-8H2,1-3H3;8H,4-7H2,1-3H3;3-4H2,1-2H3;5H,2-4H2,1H3. The van der Waals surface area contributed by atoms with Crippen LogP contribution < -0.4 is 0 Å². The van der Waals surface area contributed by atoms with Crippen LogP contribution in [0.2, 0.25) is 0 Å². The van der Waals surface area contributed by atoms with E-state index in [0.29, 0.717) is 6.42 Å². The van der Waals surface area contributed by atoms with E-state index in [4.69, 9.17) is 4.74 Å². The SMILES string of the molecule is CCCC(=O)OC.CCCCC=C(CC)C(=O)OC.CCCCC=O.CCCCCC(CC)C(=O)OC. The van der Waals surface area contributed by atoms with E-state index < -0.39 is 0 Å². The Hall–Kier alpha value is -2.18.